The van der Waals surface area contributed by atoms with Crippen LogP contribution in [0.1, 0.15) is 18.5 Å². The number of carbonyl (C=O) groups excluding carboxylic acids is 1. The van der Waals surface area contributed by atoms with E-state index in [1.807, 2.05) is 13.0 Å². The molecule has 0 aliphatic rings. The van der Waals surface area contributed by atoms with Crippen LogP contribution in [0.15, 0.2) is 47.6 Å². The molecule has 3 rings (SSSR count). The standard InChI is InChI=1S/C17H14Cl3N5OS/c1-10(11-2-7-14(19)15(20)8-11)21-16(26)9-27-17-22-23-24-25(17)13-5-3-12(18)4-6-13/h2-8,10H,9H2,1H3,(H,21,26). The molecule has 2 aromatic carbocycles. The van der Waals surface area contributed by atoms with Crippen LogP contribution in [0.25, 0.3) is 5.69 Å². The number of benzene rings is 2. The van der Waals surface area contributed by atoms with E-state index < -0.39 is 0 Å². The minimum atomic E-state index is -0.208. The quantitative estimate of drug-likeness (QED) is 0.565. The summed E-state index contributed by atoms with van der Waals surface area (Å²) in [6, 6.07) is 12.2. The molecule has 0 aliphatic carbocycles. The molecule has 1 N–H and O–H groups in total. The first-order valence-corrected chi connectivity index (χ1v) is 9.97. The average Bonchev–Trinajstić information content (AvgIpc) is 3.11. The lowest BCUT2D eigenvalue weighted by molar-refractivity contribution is -0.119. The van der Waals surface area contributed by atoms with Gasteiger partial charge < -0.3 is 5.32 Å². The largest absolute Gasteiger partial charge is 0.349 e. The Balaban J connectivity index is 1.60. The summed E-state index contributed by atoms with van der Waals surface area (Å²) in [5, 5.41) is 16.6. The SMILES string of the molecule is CC(NC(=O)CSc1nnnn1-c1ccc(Cl)cc1)c1ccc(Cl)c(Cl)c1. The van der Waals surface area contributed by atoms with Gasteiger partial charge in [0.2, 0.25) is 11.1 Å². The average molecular weight is 443 g/mol. The second-order valence-electron chi connectivity index (χ2n) is 5.60. The van der Waals surface area contributed by atoms with Crippen LogP contribution in [-0.2, 0) is 4.79 Å². The Morgan fingerprint density at radius 3 is 2.59 bits per heavy atom. The lowest BCUT2D eigenvalue weighted by Gasteiger charge is -2.14. The topological polar surface area (TPSA) is 72.7 Å². The number of amides is 1. The Labute approximate surface area is 175 Å². The lowest BCUT2D eigenvalue weighted by Crippen LogP contribution is -2.28. The molecule has 1 atom stereocenters. The number of hydrogen-bond acceptors (Lipinski definition) is 5. The number of halogens is 3. The van der Waals surface area contributed by atoms with E-state index in [0.717, 1.165) is 11.3 Å². The van der Waals surface area contributed by atoms with E-state index in [1.54, 1.807) is 41.1 Å². The van der Waals surface area contributed by atoms with Crippen molar-refractivity contribution in [3.8, 4) is 5.69 Å². The molecular formula is C17H14Cl3N5OS. The van der Waals surface area contributed by atoms with E-state index in [9.17, 15) is 4.79 Å². The summed E-state index contributed by atoms with van der Waals surface area (Å²) in [5.74, 6) is 0.0174. The van der Waals surface area contributed by atoms with Crippen molar-refractivity contribution in [2.45, 2.75) is 18.1 Å². The zero-order valence-corrected chi connectivity index (χ0v) is 17.1. The Morgan fingerprint density at radius 1 is 1.15 bits per heavy atom. The van der Waals surface area contributed by atoms with Crippen molar-refractivity contribution in [1.29, 1.82) is 0 Å². The monoisotopic (exact) mass is 441 g/mol. The highest BCUT2D eigenvalue weighted by Gasteiger charge is 2.14. The molecule has 1 aromatic heterocycles. The number of nitrogens with zero attached hydrogens (tertiary/aromatic N) is 4. The molecule has 1 unspecified atom stereocenters. The van der Waals surface area contributed by atoms with Crippen molar-refractivity contribution >= 4 is 52.5 Å². The van der Waals surface area contributed by atoms with E-state index >= 15 is 0 Å². The van der Waals surface area contributed by atoms with Gasteiger partial charge in [-0.05, 0) is 59.3 Å². The summed E-state index contributed by atoms with van der Waals surface area (Å²) in [4.78, 5) is 12.3. The van der Waals surface area contributed by atoms with Gasteiger partial charge in [0, 0.05) is 5.02 Å². The second kappa shape index (κ2) is 8.93. The Bertz CT molecular complexity index is 948. The fraction of sp³-hybridized carbons (Fsp3) is 0.176. The minimum Gasteiger partial charge on any atom is -0.349 e. The highest BCUT2D eigenvalue weighted by atomic mass is 35.5. The van der Waals surface area contributed by atoms with Gasteiger partial charge in [-0.15, -0.1) is 5.10 Å². The van der Waals surface area contributed by atoms with Crippen LogP contribution in [0.3, 0.4) is 0 Å². The van der Waals surface area contributed by atoms with Gasteiger partial charge in [0.1, 0.15) is 0 Å². The third kappa shape index (κ3) is 5.13. The zero-order chi connectivity index (χ0) is 19.4. The van der Waals surface area contributed by atoms with Gasteiger partial charge in [0.05, 0.1) is 27.5 Å². The number of carbonyl (C=O) groups is 1. The van der Waals surface area contributed by atoms with E-state index in [4.69, 9.17) is 34.8 Å². The van der Waals surface area contributed by atoms with Crippen molar-refractivity contribution in [3.63, 3.8) is 0 Å². The summed E-state index contributed by atoms with van der Waals surface area (Å²) in [6.45, 7) is 1.87. The summed E-state index contributed by atoms with van der Waals surface area (Å²) < 4.78 is 1.55. The molecule has 3 aromatic rings. The molecule has 0 saturated heterocycles. The molecular weight excluding hydrogens is 429 g/mol. The second-order valence-corrected chi connectivity index (χ2v) is 7.79. The summed E-state index contributed by atoms with van der Waals surface area (Å²) in [6.07, 6.45) is 0. The first-order valence-electron chi connectivity index (χ1n) is 7.85. The van der Waals surface area contributed by atoms with Crippen molar-refractivity contribution in [2.75, 3.05) is 5.75 Å². The highest BCUT2D eigenvalue weighted by molar-refractivity contribution is 7.99. The van der Waals surface area contributed by atoms with Gasteiger partial charge in [-0.1, -0.05) is 52.6 Å². The van der Waals surface area contributed by atoms with Crippen LogP contribution in [0.5, 0.6) is 0 Å². The van der Waals surface area contributed by atoms with Gasteiger partial charge in [0.15, 0.2) is 0 Å². The molecule has 1 heterocycles. The van der Waals surface area contributed by atoms with E-state index in [-0.39, 0.29) is 17.7 Å². The summed E-state index contributed by atoms with van der Waals surface area (Å²) >= 11 is 19.1. The molecule has 0 fully saturated rings. The van der Waals surface area contributed by atoms with Gasteiger partial charge in [-0.3, -0.25) is 4.79 Å². The van der Waals surface area contributed by atoms with Crippen molar-refractivity contribution in [2.24, 2.45) is 0 Å². The van der Waals surface area contributed by atoms with Crippen molar-refractivity contribution in [3.05, 3.63) is 63.1 Å². The van der Waals surface area contributed by atoms with E-state index in [0.29, 0.717) is 20.2 Å². The van der Waals surface area contributed by atoms with Crippen molar-refractivity contribution in [1.82, 2.24) is 25.5 Å². The Morgan fingerprint density at radius 2 is 1.89 bits per heavy atom. The lowest BCUT2D eigenvalue weighted by atomic mass is 10.1. The Kier molecular flexibility index (Phi) is 6.59. The smallest absolute Gasteiger partial charge is 0.230 e. The van der Waals surface area contributed by atoms with Crippen LogP contribution in [-0.4, -0.2) is 31.9 Å². The van der Waals surface area contributed by atoms with Crippen LogP contribution in [0.2, 0.25) is 15.1 Å². The first kappa shape index (κ1) is 19.9. The number of nitrogens with one attached hydrogen (secondary N) is 1. The normalized spacial score (nSPS) is 12.0. The van der Waals surface area contributed by atoms with Gasteiger partial charge >= 0.3 is 0 Å². The van der Waals surface area contributed by atoms with Gasteiger partial charge in [-0.2, -0.15) is 4.68 Å². The predicted octanol–water partition coefficient (Wildman–Crippen LogP) is 4.59. The molecule has 140 valence electrons. The maximum Gasteiger partial charge on any atom is 0.230 e. The molecule has 0 aliphatic heterocycles. The minimum absolute atomic E-state index is 0.149. The molecule has 0 spiro atoms. The molecule has 0 saturated carbocycles. The van der Waals surface area contributed by atoms with Gasteiger partial charge in [-0.25, -0.2) is 0 Å². The third-order valence-corrected chi connectivity index (χ3v) is 5.58. The predicted molar refractivity (Wildman–Crippen MR) is 108 cm³/mol. The van der Waals surface area contributed by atoms with Crippen LogP contribution < -0.4 is 5.32 Å². The molecule has 6 nitrogen and oxygen atoms in total. The number of tetrazole rings is 1. The molecule has 27 heavy (non-hydrogen) atoms. The van der Waals surface area contributed by atoms with E-state index in [1.165, 1.54) is 11.8 Å². The number of thioether (sulfide) groups is 1. The zero-order valence-electron chi connectivity index (χ0n) is 14.1. The Hall–Kier alpha value is -1.80. The van der Waals surface area contributed by atoms with Crippen LogP contribution in [0.4, 0.5) is 0 Å². The number of rotatable bonds is 6. The van der Waals surface area contributed by atoms with Gasteiger partial charge in [0.25, 0.3) is 0 Å². The fourth-order valence-corrected chi connectivity index (χ4v) is 3.43. The summed E-state index contributed by atoms with van der Waals surface area (Å²) in [7, 11) is 0. The summed E-state index contributed by atoms with van der Waals surface area (Å²) in [5.41, 5.74) is 1.63. The molecule has 0 bridgehead atoms. The maximum atomic E-state index is 12.3. The number of hydrogen-bond donors (Lipinski definition) is 1. The maximum absolute atomic E-state index is 12.3. The fourth-order valence-electron chi connectivity index (χ4n) is 2.29. The van der Waals surface area contributed by atoms with Crippen LogP contribution >= 0.6 is 46.6 Å². The highest BCUT2D eigenvalue weighted by Crippen LogP contribution is 2.26. The molecule has 10 heteroatoms. The van der Waals surface area contributed by atoms with Crippen molar-refractivity contribution < 1.29 is 4.79 Å². The molecule has 0 radical (unpaired) electrons. The molecule has 1 amide bonds. The third-order valence-electron chi connectivity index (χ3n) is 3.67. The number of aromatic nitrogens is 4. The van der Waals surface area contributed by atoms with E-state index in [2.05, 4.69) is 20.8 Å². The van der Waals surface area contributed by atoms with Crippen LogP contribution in [0, 0.1) is 0 Å². The first-order chi connectivity index (χ1) is 12.9.